The number of anilines is 1. The smallest absolute Gasteiger partial charge is 0.338 e. The second kappa shape index (κ2) is 8.90. The summed E-state index contributed by atoms with van der Waals surface area (Å²) in [5, 5.41) is 2.73. The first kappa shape index (κ1) is 21.2. The van der Waals surface area contributed by atoms with Crippen LogP contribution in [-0.2, 0) is 16.0 Å². The molecule has 0 radical (unpaired) electrons. The molecule has 1 heterocycles. The molecule has 7 nitrogen and oxygen atoms in total. The molecule has 0 aromatic heterocycles. The number of carbonyl (C=O) groups excluding carboxylic acids is 4. The Morgan fingerprint density at radius 2 is 1.73 bits per heavy atom. The second-order valence-corrected chi connectivity index (χ2v) is 7.51. The number of benzene rings is 2. The van der Waals surface area contributed by atoms with Gasteiger partial charge < -0.3 is 10.1 Å². The molecule has 0 atom stereocenters. The fraction of sp³-hybridized carbons (Fsp3) is 0.304. The third-order valence-corrected chi connectivity index (χ3v) is 4.76. The summed E-state index contributed by atoms with van der Waals surface area (Å²) in [4.78, 5) is 50.6. The third-order valence-electron chi connectivity index (χ3n) is 4.76. The number of rotatable bonds is 7. The van der Waals surface area contributed by atoms with E-state index in [4.69, 9.17) is 4.74 Å². The van der Waals surface area contributed by atoms with Crippen LogP contribution < -0.4 is 5.32 Å². The van der Waals surface area contributed by atoms with Gasteiger partial charge in [-0.05, 0) is 42.2 Å². The molecule has 0 spiro atoms. The lowest BCUT2D eigenvalue weighted by Gasteiger charge is -2.15. The molecule has 1 aliphatic rings. The Morgan fingerprint density at radius 3 is 2.43 bits per heavy atom. The van der Waals surface area contributed by atoms with Crippen molar-refractivity contribution in [3.63, 3.8) is 0 Å². The molecule has 156 valence electrons. The summed E-state index contributed by atoms with van der Waals surface area (Å²) >= 11 is 0. The van der Waals surface area contributed by atoms with Crippen molar-refractivity contribution in [3.05, 3.63) is 64.7 Å². The van der Waals surface area contributed by atoms with Gasteiger partial charge in [0.15, 0.2) is 6.61 Å². The van der Waals surface area contributed by atoms with E-state index in [2.05, 4.69) is 5.32 Å². The topological polar surface area (TPSA) is 92.8 Å². The van der Waals surface area contributed by atoms with Gasteiger partial charge in [0.05, 0.1) is 16.7 Å². The van der Waals surface area contributed by atoms with Crippen LogP contribution in [0.4, 0.5) is 5.69 Å². The molecular weight excluding hydrogens is 384 g/mol. The quantitative estimate of drug-likeness (QED) is 0.561. The van der Waals surface area contributed by atoms with Crippen molar-refractivity contribution in [2.24, 2.45) is 5.92 Å². The van der Waals surface area contributed by atoms with E-state index in [1.807, 2.05) is 39.0 Å². The summed E-state index contributed by atoms with van der Waals surface area (Å²) < 4.78 is 5.09. The third kappa shape index (κ3) is 4.40. The van der Waals surface area contributed by atoms with Crippen molar-refractivity contribution in [2.45, 2.75) is 27.2 Å². The van der Waals surface area contributed by atoms with Crippen LogP contribution in [0.3, 0.4) is 0 Å². The first-order chi connectivity index (χ1) is 14.3. The van der Waals surface area contributed by atoms with Gasteiger partial charge in [-0.15, -0.1) is 0 Å². The number of carbonyl (C=O) groups is 4. The van der Waals surface area contributed by atoms with Crippen LogP contribution >= 0.6 is 0 Å². The van der Waals surface area contributed by atoms with Crippen LogP contribution in [0.1, 0.15) is 57.4 Å². The van der Waals surface area contributed by atoms with Gasteiger partial charge in [-0.25, -0.2) is 4.79 Å². The first-order valence-corrected chi connectivity index (χ1v) is 9.87. The fourth-order valence-corrected chi connectivity index (χ4v) is 3.30. The van der Waals surface area contributed by atoms with Gasteiger partial charge in [0, 0.05) is 12.2 Å². The maximum Gasteiger partial charge on any atom is 0.338 e. The Morgan fingerprint density at radius 1 is 1.03 bits per heavy atom. The zero-order valence-corrected chi connectivity index (χ0v) is 17.2. The Kier molecular flexibility index (Phi) is 6.30. The lowest BCUT2D eigenvalue weighted by atomic mass is 10.1. The van der Waals surface area contributed by atoms with Gasteiger partial charge in [0.2, 0.25) is 0 Å². The minimum absolute atomic E-state index is 0.114. The molecule has 0 saturated carbocycles. The highest BCUT2D eigenvalue weighted by Gasteiger charge is 2.36. The van der Waals surface area contributed by atoms with Gasteiger partial charge in [0.1, 0.15) is 0 Å². The number of imide groups is 1. The van der Waals surface area contributed by atoms with E-state index >= 15 is 0 Å². The Bertz CT molecular complexity index is 1010. The largest absolute Gasteiger partial charge is 0.452 e. The number of esters is 1. The molecule has 2 aromatic carbocycles. The van der Waals surface area contributed by atoms with Crippen molar-refractivity contribution >= 4 is 29.4 Å². The molecule has 0 bridgehead atoms. The number of amides is 3. The van der Waals surface area contributed by atoms with Gasteiger partial charge >= 0.3 is 5.97 Å². The zero-order valence-electron chi connectivity index (χ0n) is 17.2. The minimum atomic E-state index is -0.737. The van der Waals surface area contributed by atoms with Crippen LogP contribution in [-0.4, -0.2) is 41.7 Å². The Labute approximate surface area is 175 Å². The summed E-state index contributed by atoms with van der Waals surface area (Å²) in [6, 6.07) is 11.6. The molecule has 0 fully saturated rings. The maximum atomic E-state index is 12.5. The van der Waals surface area contributed by atoms with Crippen LogP contribution in [0.2, 0.25) is 0 Å². The maximum absolute atomic E-state index is 12.5. The Balaban J connectivity index is 1.65. The van der Waals surface area contributed by atoms with E-state index < -0.39 is 24.4 Å². The fourth-order valence-electron chi connectivity index (χ4n) is 3.30. The van der Waals surface area contributed by atoms with Crippen LogP contribution in [0.5, 0.6) is 0 Å². The summed E-state index contributed by atoms with van der Waals surface area (Å²) in [5.74, 6) is -1.85. The van der Waals surface area contributed by atoms with Crippen molar-refractivity contribution in [3.8, 4) is 0 Å². The van der Waals surface area contributed by atoms with E-state index in [1.54, 1.807) is 6.07 Å². The predicted molar refractivity (Wildman–Crippen MR) is 111 cm³/mol. The minimum Gasteiger partial charge on any atom is -0.452 e. The molecule has 1 N–H and O–H groups in total. The van der Waals surface area contributed by atoms with Crippen molar-refractivity contribution in [2.75, 3.05) is 18.5 Å². The summed E-state index contributed by atoms with van der Waals surface area (Å²) in [6.07, 6.45) is 0.756. The van der Waals surface area contributed by atoms with Crippen LogP contribution in [0.15, 0.2) is 42.5 Å². The molecule has 0 unspecified atom stereocenters. The van der Waals surface area contributed by atoms with Crippen LogP contribution in [0, 0.1) is 5.92 Å². The summed E-state index contributed by atoms with van der Waals surface area (Å²) in [6.45, 7) is 5.66. The highest BCUT2D eigenvalue weighted by molar-refractivity contribution is 6.22. The molecular formula is C23H24N2O5. The average molecular weight is 408 g/mol. The highest BCUT2D eigenvalue weighted by Crippen LogP contribution is 2.25. The molecule has 1 aliphatic heterocycles. The number of para-hydroxylation sites is 1. The van der Waals surface area contributed by atoms with E-state index in [0.717, 1.165) is 12.0 Å². The lowest BCUT2D eigenvalue weighted by molar-refractivity contribution is -0.119. The summed E-state index contributed by atoms with van der Waals surface area (Å²) in [7, 11) is 0. The van der Waals surface area contributed by atoms with E-state index in [0.29, 0.717) is 12.2 Å². The standard InChI is InChI=1S/C23H24N2O5/c1-4-15-7-5-6-8-19(15)24-20(26)13-30-23(29)16-9-10-17-18(11-16)22(28)25(21(17)27)12-14(2)3/h5-11,14H,4,12-13H2,1-3H3,(H,24,26). The first-order valence-electron chi connectivity index (χ1n) is 9.87. The predicted octanol–water partition coefficient (Wildman–Crippen LogP) is 3.30. The van der Waals surface area contributed by atoms with Gasteiger partial charge in [-0.1, -0.05) is 39.0 Å². The van der Waals surface area contributed by atoms with E-state index in [9.17, 15) is 19.2 Å². The van der Waals surface area contributed by atoms with E-state index in [1.165, 1.54) is 23.1 Å². The molecule has 0 aliphatic carbocycles. The monoisotopic (exact) mass is 408 g/mol. The molecule has 3 rings (SSSR count). The molecule has 30 heavy (non-hydrogen) atoms. The molecule has 3 amide bonds. The van der Waals surface area contributed by atoms with Crippen molar-refractivity contribution < 1.29 is 23.9 Å². The average Bonchev–Trinajstić information content (AvgIpc) is 2.96. The molecule has 2 aromatic rings. The molecule has 0 saturated heterocycles. The van der Waals surface area contributed by atoms with E-state index in [-0.39, 0.29) is 28.5 Å². The number of nitrogens with zero attached hydrogens (tertiary/aromatic N) is 1. The molecule has 7 heteroatoms. The Hall–Kier alpha value is -3.48. The normalized spacial score (nSPS) is 12.9. The number of ether oxygens (including phenoxy) is 1. The number of aryl methyl sites for hydroxylation is 1. The van der Waals surface area contributed by atoms with Gasteiger partial charge in [-0.3, -0.25) is 19.3 Å². The number of fused-ring (bicyclic) bond motifs is 1. The van der Waals surface area contributed by atoms with Crippen molar-refractivity contribution in [1.29, 1.82) is 0 Å². The SMILES string of the molecule is CCc1ccccc1NC(=O)COC(=O)c1ccc2c(c1)C(=O)N(CC(C)C)C2=O. The number of hydrogen-bond donors (Lipinski definition) is 1. The highest BCUT2D eigenvalue weighted by atomic mass is 16.5. The second-order valence-electron chi connectivity index (χ2n) is 7.51. The summed E-state index contributed by atoms with van der Waals surface area (Å²) in [5.41, 5.74) is 2.21. The lowest BCUT2D eigenvalue weighted by Crippen LogP contribution is -2.33. The zero-order chi connectivity index (χ0) is 21.8. The van der Waals surface area contributed by atoms with Gasteiger partial charge in [0.25, 0.3) is 17.7 Å². The number of hydrogen-bond acceptors (Lipinski definition) is 5. The van der Waals surface area contributed by atoms with Crippen molar-refractivity contribution in [1.82, 2.24) is 4.90 Å². The number of nitrogens with one attached hydrogen (secondary N) is 1. The van der Waals surface area contributed by atoms with Gasteiger partial charge in [-0.2, -0.15) is 0 Å². The van der Waals surface area contributed by atoms with Crippen LogP contribution in [0.25, 0.3) is 0 Å².